The number of hydrogen-bond donors (Lipinski definition) is 2. The first kappa shape index (κ1) is 24.3. The van der Waals surface area contributed by atoms with E-state index in [-0.39, 0.29) is 41.0 Å². The lowest BCUT2D eigenvalue weighted by Crippen LogP contribution is -2.19. The number of aromatic nitrogens is 1. The van der Waals surface area contributed by atoms with E-state index in [1.54, 1.807) is 31.5 Å². The number of anilines is 1. The number of rotatable bonds is 10. The number of nitrogens with zero attached hydrogens (tertiary/aromatic N) is 2. The maximum absolute atomic E-state index is 13.6. The van der Waals surface area contributed by atoms with Crippen molar-refractivity contribution in [1.82, 2.24) is 4.57 Å². The number of benzene rings is 1. The Morgan fingerprint density at radius 1 is 1.24 bits per heavy atom. The van der Waals surface area contributed by atoms with E-state index in [0.29, 0.717) is 17.7 Å². The third kappa shape index (κ3) is 5.04. The molecule has 7 nitrogen and oxygen atoms in total. The summed E-state index contributed by atoms with van der Waals surface area (Å²) < 4.78 is 15.1. The van der Waals surface area contributed by atoms with E-state index >= 15 is 0 Å². The van der Waals surface area contributed by atoms with Crippen LogP contribution in [0.3, 0.4) is 0 Å². The number of halogens is 1. The Labute approximate surface area is 192 Å². The predicted octanol–water partition coefficient (Wildman–Crippen LogP) is 3.99. The van der Waals surface area contributed by atoms with Crippen LogP contribution in [0.1, 0.15) is 76.2 Å². The number of nitrogens with one attached hydrogen (secondary N) is 1. The zero-order valence-electron chi connectivity index (χ0n) is 19.1. The Bertz CT molecular complexity index is 1160. The SMILES string of the molecule is Cc1c(C(=O)Nc2ccc(F)c(C#N)c2)c(C)n(C)c1C(=O)C(=O)CCCCC1(CO)CC1. The number of unbranched alkanes of at least 4 members (excludes halogenated alkanes) is 1. The molecule has 3 rings (SSSR count). The summed E-state index contributed by atoms with van der Waals surface area (Å²) in [6.07, 6.45) is 4.36. The zero-order valence-corrected chi connectivity index (χ0v) is 19.1. The van der Waals surface area contributed by atoms with E-state index in [1.807, 2.05) is 0 Å². The lowest BCUT2D eigenvalue weighted by atomic mass is 9.97. The van der Waals surface area contributed by atoms with Crippen LogP contribution in [0, 0.1) is 36.4 Å². The molecule has 0 atom stereocenters. The Kier molecular flexibility index (Phi) is 7.13. The topological polar surface area (TPSA) is 112 Å². The monoisotopic (exact) mass is 453 g/mol. The van der Waals surface area contributed by atoms with Crippen LogP contribution in [-0.2, 0) is 11.8 Å². The van der Waals surface area contributed by atoms with Crippen molar-refractivity contribution in [3.63, 3.8) is 0 Å². The first-order chi connectivity index (χ1) is 15.6. The molecular formula is C25H28FN3O4. The number of aliphatic hydroxyl groups excluding tert-OH is 1. The van der Waals surface area contributed by atoms with Gasteiger partial charge in [0.2, 0.25) is 11.6 Å². The summed E-state index contributed by atoms with van der Waals surface area (Å²) in [6.45, 7) is 3.46. The van der Waals surface area contributed by atoms with Gasteiger partial charge in [0.05, 0.1) is 16.8 Å². The molecule has 1 aromatic heterocycles. The first-order valence-corrected chi connectivity index (χ1v) is 11.0. The van der Waals surface area contributed by atoms with E-state index in [0.717, 1.165) is 31.7 Å². The van der Waals surface area contributed by atoms with Crippen LogP contribution in [0.4, 0.5) is 10.1 Å². The fraction of sp³-hybridized carbons (Fsp3) is 0.440. The molecule has 0 radical (unpaired) electrons. The Morgan fingerprint density at radius 3 is 2.55 bits per heavy atom. The number of nitriles is 1. The van der Waals surface area contributed by atoms with Crippen molar-refractivity contribution < 1.29 is 23.9 Å². The summed E-state index contributed by atoms with van der Waals surface area (Å²) in [5, 5.41) is 21.0. The van der Waals surface area contributed by atoms with Gasteiger partial charge in [0.1, 0.15) is 11.9 Å². The maximum atomic E-state index is 13.6. The van der Waals surface area contributed by atoms with Gasteiger partial charge in [-0.15, -0.1) is 0 Å². The summed E-state index contributed by atoms with van der Waals surface area (Å²) in [7, 11) is 1.63. The molecule has 0 aliphatic heterocycles. The number of carbonyl (C=O) groups excluding carboxylic acids is 3. The summed E-state index contributed by atoms with van der Waals surface area (Å²) in [5.74, 6) is -2.33. The largest absolute Gasteiger partial charge is 0.396 e. The van der Waals surface area contributed by atoms with Crippen molar-refractivity contribution in [2.24, 2.45) is 12.5 Å². The van der Waals surface area contributed by atoms with E-state index in [2.05, 4.69) is 5.32 Å². The lowest BCUT2D eigenvalue weighted by Gasteiger charge is -2.10. The molecule has 1 amide bonds. The van der Waals surface area contributed by atoms with Gasteiger partial charge in [0.15, 0.2) is 0 Å². The Hall–Kier alpha value is -3.31. The van der Waals surface area contributed by atoms with Crippen LogP contribution in [0.25, 0.3) is 0 Å². The average molecular weight is 454 g/mol. The van der Waals surface area contributed by atoms with Crippen molar-refractivity contribution in [1.29, 1.82) is 5.26 Å². The molecule has 2 aromatic rings. The number of hydrogen-bond acceptors (Lipinski definition) is 5. The molecule has 1 saturated carbocycles. The van der Waals surface area contributed by atoms with Crippen LogP contribution < -0.4 is 5.32 Å². The smallest absolute Gasteiger partial charge is 0.257 e. The highest BCUT2D eigenvalue weighted by atomic mass is 19.1. The van der Waals surface area contributed by atoms with Gasteiger partial charge in [-0.3, -0.25) is 14.4 Å². The van der Waals surface area contributed by atoms with E-state index in [1.165, 1.54) is 12.1 Å². The average Bonchev–Trinajstić information content (AvgIpc) is 3.53. The fourth-order valence-electron chi connectivity index (χ4n) is 4.21. The van der Waals surface area contributed by atoms with Gasteiger partial charge in [-0.05, 0) is 68.7 Å². The number of ketones is 2. The van der Waals surface area contributed by atoms with Crippen LogP contribution in [0.2, 0.25) is 0 Å². The summed E-state index contributed by atoms with van der Waals surface area (Å²) in [5.41, 5.74) is 1.43. The van der Waals surface area contributed by atoms with Gasteiger partial charge in [0.25, 0.3) is 5.91 Å². The van der Waals surface area contributed by atoms with Gasteiger partial charge in [-0.25, -0.2) is 4.39 Å². The third-order valence-corrected chi connectivity index (χ3v) is 6.62. The molecule has 0 spiro atoms. The summed E-state index contributed by atoms with van der Waals surface area (Å²) in [4.78, 5) is 38.4. The van der Waals surface area contributed by atoms with E-state index in [4.69, 9.17) is 5.26 Å². The number of amides is 1. The first-order valence-electron chi connectivity index (χ1n) is 11.0. The minimum Gasteiger partial charge on any atom is -0.396 e. The minimum atomic E-state index is -0.683. The summed E-state index contributed by atoms with van der Waals surface area (Å²) >= 11 is 0. The molecule has 0 unspecified atom stereocenters. The molecule has 1 aliphatic rings. The highest BCUT2D eigenvalue weighted by Crippen LogP contribution is 2.49. The quantitative estimate of drug-likeness (QED) is 0.321. The standard InChI is InChI=1S/C25H28FN3O4/c1-15-21(24(33)28-18-7-8-19(26)17(12-18)13-27)16(2)29(3)22(15)23(32)20(31)6-4-5-9-25(14-30)10-11-25/h7-8,12,30H,4-6,9-11,14H2,1-3H3,(H,28,33). The van der Waals surface area contributed by atoms with Crippen molar-refractivity contribution in [3.05, 3.63) is 52.1 Å². The summed E-state index contributed by atoms with van der Waals surface area (Å²) in [6, 6.07) is 5.40. The molecule has 174 valence electrons. The molecule has 1 aliphatic carbocycles. The molecular weight excluding hydrogens is 425 g/mol. The van der Waals surface area contributed by atoms with E-state index < -0.39 is 23.3 Å². The molecule has 0 saturated heterocycles. The Morgan fingerprint density at radius 2 is 1.94 bits per heavy atom. The molecule has 33 heavy (non-hydrogen) atoms. The van der Waals surface area contributed by atoms with Gasteiger partial charge in [0, 0.05) is 31.5 Å². The highest BCUT2D eigenvalue weighted by molar-refractivity contribution is 6.43. The lowest BCUT2D eigenvalue weighted by molar-refractivity contribution is -0.115. The number of aliphatic hydroxyl groups is 1. The third-order valence-electron chi connectivity index (χ3n) is 6.62. The second-order valence-electron chi connectivity index (χ2n) is 8.87. The van der Waals surface area contributed by atoms with Gasteiger partial charge < -0.3 is 15.0 Å². The predicted molar refractivity (Wildman–Crippen MR) is 121 cm³/mol. The number of Topliss-reactive ketones (excluding diaryl/α,β-unsaturated/α-hetero) is 2. The van der Waals surface area contributed by atoms with Crippen molar-refractivity contribution in [2.75, 3.05) is 11.9 Å². The molecule has 8 heteroatoms. The fourth-order valence-corrected chi connectivity index (χ4v) is 4.21. The van der Waals surface area contributed by atoms with Gasteiger partial charge in [-0.1, -0.05) is 6.42 Å². The Balaban J connectivity index is 1.71. The van der Waals surface area contributed by atoms with Crippen LogP contribution in [0.15, 0.2) is 18.2 Å². The van der Waals surface area contributed by atoms with Gasteiger partial charge in [-0.2, -0.15) is 5.26 Å². The normalized spacial score (nSPS) is 13.9. The van der Waals surface area contributed by atoms with Gasteiger partial charge >= 0.3 is 0 Å². The molecule has 1 aromatic carbocycles. The van der Waals surface area contributed by atoms with Crippen molar-refractivity contribution in [2.45, 2.75) is 52.4 Å². The molecule has 1 fully saturated rings. The van der Waals surface area contributed by atoms with Crippen LogP contribution >= 0.6 is 0 Å². The molecule has 1 heterocycles. The van der Waals surface area contributed by atoms with Crippen LogP contribution in [-0.4, -0.2) is 33.8 Å². The molecule has 0 bridgehead atoms. The van der Waals surface area contributed by atoms with E-state index in [9.17, 15) is 23.9 Å². The highest BCUT2D eigenvalue weighted by Gasteiger charge is 2.41. The van der Waals surface area contributed by atoms with Crippen LogP contribution in [0.5, 0.6) is 0 Å². The number of carbonyl (C=O) groups is 3. The van der Waals surface area contributed by atoms with Crippen molar-refractivity contribution >= 4 is 23.2 Å². The maximum Gasteiger partial charge on any atom is 0.257 e. The minimum absolute atomic E-state index is 0.0274. The second-order valence-corrected chi connectivity index (χ2v) is 8.87. The second kappa shape index (κ2) is 9.67. The van der Waals surface area contributed by atoms with Crippen molar-refractivity contribution in [3.8, 4) is 6.07 Å². The zero-order chi connectivity index (χ0) is 24.3. The molecule has 2 N–H and O–H groups in total.